The van der Waals surface area contributed by atoms with Crippen LogP contribution in [0.15, 0.2) is 54.6 Å². The van der Waals surface area contributed by atoms with Crippen molar-refractivity contribution in [3.05, 3.63) is 71.3 Å². The summed E-state index contributed by atoms with van der Waals surface area (Å²) in [6.07, 6.45) is -0.866. The minimum Gasteiger partial charge on any atom is -0.315 e. The first kappa shape index (κ1) is 19.5. The van der Waals surface area contributed by atoms with Crippen molar-refractivity contribution in [1.82, 2.24) is 10.6 Å². The average molecular weight is 350 g/mol. The molecule has 0 saturated carbocycles. The van der Waals surface area contributed by atoms with Gasteiger partial charge in [-0.05, 0) is 49.1 Å². The van der Waals surface area contributed by atoms with Crippen LogP contribution >= 0.6 is 0 Å². The number of rotatable bonds is 10. The van der Waals surface area contributed by atoms with Crippen LogP contribution in [-0.4, -0.2) is 19.6 Å². The fraction of sp³-hybridized carbons (Fsp3) is 0.400. The van der Waals surface area contributed by atoms with E-state index < -0.39 is 11.7 Å². The van der Waals surface area contributed by atoms with E-state index in [4.69, 9.17) is 0 Å². The molecule has 0 unspecified atom stereocenters. The van der Waals surface area contributed by atoms with Crippen LogP contribution in [-0.2, 0) is 19.1 Å². The first-order valence-electron chi connectivity index (χ1n) is 8.67. The summed E-state index contributed by atoms with van der Waals surface area (Å²) in [5.41, 5.74) is 1.63. The number of alkyl halides is 3. The molecule has 0 aliphatic carbocycles. The molecule has 25 heavy (non-hydrogen) atoms. The van der Waals surface area contributed by atoms with Crippen LogP contribution in [0.2, 0.25) is 0 Å². The molecule has 0 bridgehead atoms. The van der Waals surface area contributed by atoms with Crippen LogP contribution < -0.4 is 10.6 Å². The Labute approximate surface area is 147 Å². The lowest BCUT2D eigenvalue weighted by molar-refractivity contribution is -0.137. The minimum absolute atomic E-state index is 0.577. The van der Waals surface area contributed by atoms with Gasteiger partial charge < -0.3 is 10.6 Å². The average Bonchev–Trinajstić information content (AvgIpc) is 2.61. The van der Waals surface area contributed by atoms with E-state index in [9.17, 15) is 13.2 Å². The van der Waals surface area contributed by atoms with Crippen LogP contribution in [0.1, 0.15) is 29.5 Å². The molecule has 2 aromatic carbocycles. The zero-order valence-corrected chi connectivity index (χ0v) is 14.3. The Balaban J connectivity index is 1.48. The maximum Gasteiger partial charge on any atom is 0.416 e. The number of unbranched alkanes of at least 4 members (excludes halogenated alkanes) is 1. The van der Waals surface area contributed by atoms with E-state index in [1.165, 1.54) is 17.7 Å². The van der Waals surface area contributed by atoms with E-state index in [0.29, 0.717) is 6.54 Å². The molecule has 0 aromatic heterocycles. The van der Waals surface area contributed by atoms with Crippen LogP contribution in [0.5, 0.6) is 0 Å². The molecule has 0 saturated heterocycles. The third-order valence-corrected chi connectivity index (χ3v) is 4.00. The summed E-state index contributed by atoms with van der Waals surface area (Å²) in [6.45, 7) is 3.20. The van der Waals surface area contributed by atoms with Crippen molar-refractivity contribution in [3.8, 4) is 0 Å². The van der Waals surface area contributed by atoms with Gasteiger partial charge in [-0.2, -0.15) is 13.2 Å². The number of halogens is 3. The summed E-state index contributed by atoms with van der Waals surface area (Å²) < 4.78 is 37.4. The Hall–Kier alpha value is -1.85. The third kappa shape index (κ3) is 7.71. The van der Waals surface area contributed by atoms with Crippen LogP contribution in [0.3, 0.4) is 0 Å². The third-order valence-electron chi connectivity index (χ3n) is 4.00. The summed E-state index contributed by atoms with van der Waals surface area (Å²) in [4.78, 5) is 0. The molecule has 0 heterocycles. The van der Waals surface area contributed by atoms with Gasteiger partial charge in [-0.15, -0.1) is 0 Å². The Morgan fingerprint density at radius 2 is 1.36 bits per heavy atom. The number of nitrogens with one attached hydrogen (secondary N) is 2. The lowest BCUT2D eigenvalue weighted by atomic mass is 10.1. The van der Waals surface area contributed by atoms with Gasteiger partial charge in [0.05, 0.1) is 5.56 Å². The fourth-order valence-electron chi connectivity index (χ4n) is 2.57. The summed E-state index contributed by atoms with van der Waals surface area (Å²) in [7, 11) is 0. The summed E-state index contributed by atoms with van der Waals surface area (Å²) >= 11 is 0. The van der Waals surface area contributed by atoms with Crippen molar-refractivity contribution in [3.63, 3.8) is 0 Å². The Kier molecular flexibility index (Phi) is 7.95. The van der Waals surface area contributed by atoms with E-state index >= 15 is 0 Å². The van der Waals surface area contributed by atoms with Gasteiger partial charge in [0.2, 0.25) is 0 Å². The molecule has 0 fully saturated rings. The number of hydrogen-bond donors (Lipinski definition) is 2. The zero-order valence-electron chi connectivity index (χ0n) is 14.3. The first-order valence-corrected chi connectivity index (χ1v) is 8.67. The Morgan fingerprint density at radius 1 is 0.680 bits per heavy atom. The van der Waals surface area contributed by atoms with E-state index in [1.807, 2.05) is 6.07 Å². The Morgan fingerprint density at radius 3 is 2.04 bits per heavy atom. The lowest BCUT2D eigenvalue weighted by Gasteiger charge is -2.09. The highest BCUT2D eigenvalue weighted by molar-refractivity contribution is 5.24. The molecule has 2 nitrogen and oxygen atoms in total. The van der Waals surface area contributed by atoms with Crippen molar-refractivity contribution in [2.24, 2.45) is 0 Å². The van der Waals surface area contributed by atoms with Crippen LogP contribution in [0, 0.1) is 0 Å². The predicted molar refractivity (Wildman–Crippen MR) is 95.4 cm³/mol. The molecule has 0 atom stereocenters. The monoisotopic (exact) mass is 350 g/mol. The molecular weight excluding hydrogens is 325 g/mol. The number of hydrogen-bond acceptors (Lipinski definition) is 2. The fourth-order valence-corrected chi connectivity index (χ4v) is 2.57. The van der Waals surface area contributed by atoms with Crippen molar-refractivity contribution >= 4 is 0 Å². The quantitative estimate of drug-likeness (QED) is 0.620. The predicted octanol–water partition coefficient (Wildman–Crippen LogP) is 4.41. The van der Waals surface area contributed by atoms with E-state index in [-0.39, 0.29) is 0 Å². The largest absolute Gasteiger partial charge is 0.416 e. The molecule has 136 valence electrons. The normalized spacial score (nSPS) is 11.6. The van der Waals surface area contributed by atoms with Gasteiger partial charge in [0.1, 0.15) is 0 Å². The second kappa shape index (κ2) is 10.2. The van der Waals surface area contributed by atoms with Crippen molar-refractivity contribution in [1.29, 1.82) is 0 Å². The van der Waals surface area contributed by atoms with E-state index in [2.05, 4.69) is 34.9 Å². The molecule has 0 spiro atoms. The standard InChI is InChI=1S/C20H25F3N2/c21-20(22,23)19-11-9-18(10-12-19)16-25-15-14-24-13-5-4-8-17-6-2-1-3-7-17/h1-3,6-7,9-12,24-25H,4-5,8,13-16H2. The van der Waals surface area contributed by atoms with Crippen molar-refractivity contribution in [2.75, 3.05) is 19.6 Å². The summed E-state index contributed by atoms with van der Waals surface area (Å²) in [6, 6.07) is 15.8. The van der Waals surface area contributed by atoms with Crippen molar-refractivity contribution in [2.45, 2.75) is 32.0 Å². The van der Waals surface area contributed by atoms with Crippen LogP contribution in [0.25, 0.3) is 0 Å². The van der Waals surface area contributed by atoms with E-state index in [1.54, 1.807) is 0 Å². The number of benzene rings is 2. The minimum atomic E-state index is -4.27. The smallest absolute Gasteiger partial charge is 0.315 e. The van der Waals surface area contributed by atoms with Crippen LogP contribution in [0.4, 0.5) is 13.2 Å². The molecule has 2 N–H and O–H groups in total. The molecular formula is C20H25F3N2. The zero-order chi connectivity index (χ0) is 18.0. The second-order valence-electron chi connectivity index (χ2n) is 6.06. The maximum atomic E-state index is 12.5. The SMILES string of the molecule is FC(F)(F)c1ccc(CNCCNCCCCc2ccccc2)cc1. The Bertz CT molecular complexity index is 595. The van der Waals surface area contributed by atoms with Gasteiger partial charge in [-0.25, -0.2) is 0 Å². The molecule has 2 rings (SSSR count). The molecule has 0 radical (unpaired) electrons. The lowest BCUT2D eigenvalue weighted by Crippen LogP contribution is -2.27. The summed E-state index contributed by atoms with van der Waals surface area (Å²) in [5, 5.41) is 6.61. The maximum absolute atomic E-state index is 12.5. The van der Waals surface area contributed by atoms with Gasteiger partial charge in [-0.1, -0.05) is 42.5 Å². The molecule has 0 aliphatic rings. The molecule has 0 aliphatic heterocycles. The first-order chi connectivity index (χ1) is 12.1. The van der Waals surface area contributed by atoms with Gasteiger partial charge in [0.15, 0.2) is 0 Å². The number of aryl methyl sites for hydroxylation is 1. The molecule has 2 aromatic rings. The van der Waals surface area contributed by atoms with Gasteiger partial charge in [-0.3, -0.25) is 0 Å². The highest BCUT2D eigenvalue weighted by atomic mass is 19.4. The van der Waals surface area contributed by atoms with Crippen molar-refractivity contribution < 1.29 is 13.2 Å². The van der Waals surface area contributed by atoms with E-state index in [0.717, 1.165) is 56.6 Å². The van der Waals surface area contributed by atoms with Gasteiger partial charge in [0, 0.05) is 19.6 Å². The van der Waals surface area contributed by atoms with Gasteiger partial charge >= 0.3 is 6.18 Å². The topological polar surface area (TPSA) is 24.1 Å². The highest BCUT2D eigenvalue weighted by Crippen LogP contribution is 2.28. The summed E-state index contributed by atoms with van der Waals surface area (Å²) in [5.74, 6) is 0. The van der Waals surface area contributed by atoms with Gasteiger partial charge in [0.25, 0.3) is 0 Å². The molecule has 5 heteroatoms. The second-order valence-corrected chi connectivity index (χ2v) is 6.06. The highest BCUT2D eigenvalue weighted by Gasteiger charge is 2.29. The molecule has 0 amide bonds.